The number of aliphatic imine (C=N–C) groups is 1. The molecule has 1 aliphatic heterocycles. The van der Waals surface area contributed by atoms with Crippen LogP contribution in [0.5, 0.6) is 0 Å². The highest BCUT2D eigenvalue weighted by molar-refractivity contribution is 14.0. The van der Waals surface area contributed by atoms with Crippen molar-refractivity contribution in [2.45, 2.75) is 32.9 Å². The van der Waals surface area contributed by atoms with Crippen molar-refractivity contribution in [2.24, 2.45) is 12.0 Å². The van der Waals surface area contributed by atoms with Crippen LogP contribution < -0.4 is 10.6 Å². The van der Waals surface area contributed by atoms with Crippen LogP contribution in [0, 0.1) is 6.92 Å². The zero-order chi connectivity index (χ0) is 19.0. The van der Waals surface area contributed by atoms with E-state index in [-0.39, 0.29) is 29.5 Å². The van der Waals surface area contributed by atoms with Crippen molar-refractivity contribution < 1.29 is 9.47 Å². The van der Waals surface area contributed by atoms with Crippen LogP contribution in [-0.4, -0.2) is 84.3 Å². The van der Waals surface area contributed by atoms with Gasteiger partial charge in [-0.05, 0) is 20.8 Å². The molecule has 0 unspecified atom stereocenters. The monoisotopic (exact) mass is 495 g/mol. The standard InChI is InChI=1S/C17H33N7O2.HI/c1-14-21-22-15(23(14)4)12-19-16(18-6-9-25-5)20-13-17(2,3)24-7-10-26-11-8-24;/h6-13H2,1-5H3,(H2,18,19,20);1H. The van der Waals surface area contributed by atoms with E-state index >= 15 is 0 Å². The van der Waals surface area contributed by atoms with Gasteiger partial charge in [-0.2, -0.15) is 0 Å². The number of hydrogen-bond acceptors (Lipinski definition) is 6. The lowest BCUT2D eigenvalue weighted by molar-refractivity contribution is -0.00834. The maximum Gasteiger partial charge on any atom is 0.191 e. The minimum Gasteiger partial charge on any atom is -0.383 e. The molecule has 1 fully saturated rings. The predicted octanol–water partition coefficient (Wildman–Crippen LogP) is 0.534. The van der Waals surface area contributed by atoms with Crippen LogP contribution in [0.1, 0.15) is 25.5 Å². The molecular weight excluding hydrogens is 461 g/mol. The zero-order valence-corrected chi connectivity index (χ0v) is 19.4. The van der Waals surface area contributed by atoms with E-state index in [0.29, 0.717) is 19.7 Å². The van der Waals surface area contributed by atoms with Crippen LogP contribution in [0.4, 0.5) is 0 Å². The summed E-state index contributed by atoms with van der Waals surface area (Å²) >= 11 is 0. The number of hydrogen-bond donors (Lipinski definition) is 2. The summed E-state index contributed by atoms with van der Waals surface area (Å²) in [6.45, 7) is 12.5. The molecule has 9 nitrogen and oxygen atoms in total. The number of rotatable bonds is 8. The molecule has 2 N–H and O–H groups in total. The molecule has 2 rings (SSSR count). The van der Waals surface area contributed by atoms with E-state index < -0.39 is 0 Å². The summed E-state index contributed by atoms with van der Waals surface area (Å²) in [5.74, 6) is 2.47. The van der Waals surface area contributed by atoms with Crippen molar-refractivity contribution >= 4 is 29.9 Å². The molecular formula is C17H34IN7O2. The van der Waals surface area contributed by atoms with Gasteiger partial charge in [0.25, 0.3) is 0 Å². The summed E-state index contributed by atoms with van der Waals surface area (Å²) in [5, 5.41) is 15.0. The lowest BCUT2D eigenvalue weighted by Gasteiger charge is -2.41. The molecule has 156 valence electrons. The molecule has 0 spiro atoms. The number of nitrogens with one attached hydrogen (secondary N) is 2. The van der Waals surface area contributed by atoms with Crippen molar-refractivity contribution in [3.63, 3.8) is 0 Å². The smallest absolute Gasteiger partial charge is 0.191 e. The molecule has 0 amide bonds. The van der Waals surface area contributed by atoms with Crippen LogP contribution in [-0.2, 0) is 23.1 Å². The van der Waals surface area contributed by atoms with Crippen LogP contribution in [0.3, 0.4) is 0 Å². The van der Waals surface area contributed by atoms with Crippen LogP contribution in [0.15, 0.2) is 4.99 Å². The van der Waals surface area contributed by atoms with Gasteiger partial charge in [-0.25, -0.2) is 4.99 Å². The molecule has 0 radical (unpaired) electrons. The normalized spacial score (nSPS) is 16.1. The predicted molar refractivity (Wildman–Crippen MR) is 117 cm³/mol. The third-order valence-corrected chi connectivity index (χ3v) is 4.72. The number of halogens is 1. The Morgan fingerprint density at radius 1 is 1.26 bits per heavy atom. The van der Waals surface area contributed by atoms with Crippen molar-refractivity contribution in [1.29, 1.82) is 0 Å². The van der Waals surface area contributed by atoms with Gasteiger partial charge in [0.05, 0.1) is 19.8 Å². The highest BCUT2D eigenvalue weighted by atomic mass is 127. The fourth-order valence-corrected chi connectivity index (χ4v) is 2.76. The molecule has 27 heavy (non-hydrogen) atoms. The van der Waals surface area contributed by atoms with Gasteiger partial charge in [-0.15, -0.1) is 34.2 Å². The first-order valence-electron chi connectivity index (χ1n) is 9.13. The summed E-state index contributed by atoms with van der Waals surface area (Å²) in [6.07, 6.45) is 0. The Bertz CT molecular complexity index is 586. The fourth-order valence-electron chi connectivity index (χ4n) is 2.76. The first-order valence-corrected chi connectivity index (χ1v) is 9.13. The number of methoxy groups -OCH3 is 1. The highest BCUT2D eigenvalue weighted by Gasteiger charge is 2.28. The van der Waals surface area contributed by atoms with Crippen LogP contribution in [0.2, 0.25) is 0 Å². The van der Waals surface area contributed by atoms with E-state index in [9.17, 15) is 0 Å². The molecule has 1 aromatic heterocycles. The van der Waals surface area contributed by atoms with E-state index in [2.05, 4.69) is 44.6 Å². The second kappa shape index (κ2) is 11.8. The molecule has 1 aliphatic rings. The molecule has 0 atom stereocenters. The van der Waals surface area contributed by atoms with Gasteiger partial charge in [0.15, 0.2) is 11.8 Å². The van der Waals surface area contributed by atoms with Crippen molar-refractivity contribution in [3.05, 3.63) is 11.6 Å². The van der Waals surface area contributed by atoms with Crippen LogP contribution in [0.25, 0.3) is 0 Å². The van der Waals surface area contributed by atoms with E-state index in [4.69, 9.17) is 9.47 Å². The summed E-state index contributed by atoms with van der Waals surface area (Å²) in [6, 6.07) is 0. The van der Waals surface area contributed by atoms with E-state index in [0.717, 1.165) is 50.5 Å². The number of aromatic nitrogens is 3. The lowest BCUT2D eigenvalue weighted by Crippen LogP contribution is -2.56. The molecule has 1 saturated heterocycles. The number of aryl methyl sites for hydroxylation is 1. The van der Waals surface area contributed by atoms with Crippen molar-refractivity contribution in [2.75, 3.05) is 53.1 Å². The molecule has 0 aliphatic carbocycles. The van der Waals surface area contributed by atoms with E-state index in [1.165, 1.54) is 0 Å². The summed E-state index contributed by atoms with van der Waals surface area (Å²) in [7, 11) is 3.64. The van der Waals surface area contributed by atoms with Crippen molar-refractivity contribution in [1.82, 2.24) is 30.3 Å². The van der Waals surface area contributed by atoms with Crippen LogP contribution >= 0.6 is 24.0 Å². The molecule has 2 heterocycles. The Labute approximate surface area is 179 Å². The van der Waals surface area contributed by atoms with Gasteiger partial charge < -0.3 is 24.7 Å². The summed E-state index contributed by atoms with van der Waals surface area (Å²) in [5.41, 5.74) is 0.00878. The van der Waals surface area contributed by atoms with Gasteiger partial charge in [0, 0.05) is 45.9 Å². The number of ether oxygens (including phenoxy) is 2. The Kier molecular flexibility index (Phi) is 10.5. The first kappa shape index (κ1) is 24.1. The maximum atomic E-state index is 5.46. The Hall–Kier alpha value is -0.980. The highest BCUT2D eigenvalue weighted by Crippen LogP contribution is 2.15. The van der Waals surface area contributed by atoms with Gasteiger partial charge >= 0.3 is 0 Å². The third kappa shape index (κ3) is 7.51. The molecule has 1 aromatic rings. The van der Waals surface area contributed by atoms with Gasteiger partial charge in [-0.3, -0.25) is 4.90 Å². The van der Waals surface area contributed by atoms with Crippen molar-refractivity contribution in [3.8, 4) is 0 Å². The fraction of sp³-hybridized carbons (Fsp3) is 0.824. The minimum atomic E-state index is 0. The summed E-state index contributed by atoms with van der Waals surface area (Å²) in [4.78, 5) is 7.11. The molecule has 0 bridgehead atoms. The topological polar surface area (TPSA) is 88.8 Å². The Balaban J connectivity index is 0.00000364. The quantitative estimate of drug-likeness (QED) is 0.236. The van der Waals surface area contributed by atoms with Gasteiger partial charge in [-0.1, -0.05) is 0 Å². The van der Waals surface area contributed by atoms with Gasteiger partial charge in [0.1, 0.15) is 12.4 Å². The lowest BCUT2D eigenvalue weighted by atomic mass is 10.0. The second-order valence-corrected chi connectivity index (χ2v) is 7.07. The molecule has 0 aromatic carbocycles. The van der Waals surface area contributed by atoms with Gasteiger partial charge in [0.2, 0.25) is 0 Å². The maximum absolute atomic E-state index is 5.46. The summed E-state index contributed by atoms with van der Waals surface area (Å²) < 4.78 is 12.5. The SMILES string of the molecule is COCCNC(=NCc1nnc(C)n1C)NCC(C)(C)N1CCOCC1.I. The Morgan fingerprint density at radius 3 is 2.56 bits per heavy atom. The largest absolute Gasteiger partial charge is 0.383 e. The average Bonchev–Trinajstić information content (AvgIpc) is 2.96. The number of guanidine groups is 1. The third-order valence-electron chi connectivity index (χ3n) is 4.72. The second-order valence-electron chi connectivity index (χ2n) is 7.07. The van der Waals surface area contributed by atoms with E-state index in [1.54, 1.807) is 7.11 Å². The average molecular weight is 495 g/mol. The number of nitrogens with zero attached hydrogens (tertiary/aromatic N) is 5. The van der Waals surface area contributed by atoms with E-state index in [1.807, 2.05) is 18.5 Å². The molecule has 10 heteroatoms. The Morgan fingerprint density at radius 2 is 1.96 bits per heavy atom. The molecule has 0 saturated carbocycles. The first-order chi connectivity index (χ1) is 12.4. The zero-order valence-electron chi connectivity index (χ0n) is 17.1. The number of morpholine rings is 1. The minimum absolute atomic E-state index is 0.